The van der Waals surface area contributed by atoms with Crippen molar-refractivity contribution in [3.63, 3.8) is 0 Å². The molecule has 0 radical (unpaired) electrons. The van der Waals surface area contributed by atoms with Crippen molar-refractivity contribution in [3.8, 4) is 11.5 Å². The molecule has 0 aromatic heterocycles. The number of carbonyl (C=O) groups excluding carboxylic acids is 1. The minimum Gasteiger partial charge on any atom is -0.493 e. The fraction of sp³-hybridized carbons (Fsp3) is 0.533. The molecule has 2 N–H and O–H groups in total. The summed E-state index contributed by atoms with van der Waals surface area (Å²) < 4.78 is 15.9. The quantitative estimate of drug-likeness (QED) is 0.851. The average Bonchev–Trinajstić information content (AvgIpc) is 2.54. The van der Waals surface area contributed by atoms with Gasteiger partial charge in [-0.1, -0.05) is 6.07 Å². The lowest BCUT2D eigenvalue weighted by molar-refractivity contribution is -0.134. The third-order valence-electron chi connectivity index (χ3n) is 3.49. The lowest BCUT2D eigenvalue weighted by atomic mass is 10.1. The summed E-state index contributed by atoms with van der Waals surface area (Å²) in [6, 6.07) is 5.47. The van der Waals surface area contributed by atoms with Gasteiger partial charge in [-0.15, -0.1) is 12.4 Å². The zero-order valence-corrected chi connectivity index (χ0v) is 13.9. The topological polar surface area (TPSA) is 68.8 Å². The van der Waals surface area contributed by atoms with Crippen LogP contribution in [-0.4, -0.2) is 45.9 Å². The number of hydrogen-bond acceptors (Lipinski definition) is 5. The number of carbonyl (C=O) groups is 1. The molecule has 1 aromatic rings. The molecule has 1 fully saturated rings. The van der Waals surface area contributed by atoms with E-state index in [1.54, 1.807) is 14.2 Å². The summed E-state index contributed by atoms with van der Waals surface area (Å²) in [5, 5.41) is 6.09. The second kappa shape index (κ2) is 8.82. The van der Waals surface area contributed by atoms with E-state index in [2.05, 4.69) is 10.6 Å². The van der Waals surface area contributed by atoms with E-state index in [0.717, 1.165) is 12.1 Å². The maximum atomic E-state index is 12.1. The van der Waals surface area contributed by atoms with E-state index >= 15 is 0 Å². The number of nitrogens with one attached hydrogen (secondary N) is 2. The van der Waals surface area contributed by atoms with Gasteiger partial charge in [0.2, 0.25) is 0 Å². The van der Waals surface area contributed by atoms with Crippen molar-refractivity contribution in [2.24, 2.45) is 0 Å². The van der Waals surface area contributed by atoms with Crippen LogP contribution in [0.3, 0.4) is 0 Å². The van der Waals surface area contributed by atoms with E-state index in [1.807, 2.05) is 25.1 Å². The van der Waals surface area contributed by atoms with Gasteiger partial charge in [0.05, 0.1) is 26.9 Å². The highest BCUT2D eigenvalue weighted by Crippen LogP contribution is 2.29. The Balaban J connectivity index is 0.00000242. The first-order valence-corrected chi connectivity index (χ1v) is 7.00. The molecule has 6 nitrogen and oxygen atoms in total. The van der Waals surface area contributed by atoms with Crippen LogP contribution in [0.1, 0.15) is 18.5 Å². The minimum absolute atomic E-state index is 0. The standard InChI is InChI=1S/C15H22N2O4.ClH/c1-10(17-15(18)14-9-16-6-7-21-14)11-4-5-12(19-2)13(8-11)20-3;/h4-5,8,10,14,16H,6-7,9H2,1-3H3,(H,17,18);1H. The van der Waals surface area contributed by atoms with Crippen molar-refractivity contribution < 1.29 is 19.0 Å². The number of amides is 1. The predicted molar refractivity (Wildman–Crippen MR) is 86.0 cm³/mol. The zero-order valence-electron chi connectivity index (χ0n) is 13.0. The molecule has 1 aliphatic rings. The molecule has 2 atom stereocenters. The first-order valence-electron chi connectivity index (χ1n) is 7.00. The highest BCUT2D eigenvalue weighted by Gasteiger charge is 2.23. The summed E-state index contributed by atoms with van der Waals surface area (Å²) in [7, 11) is 3.18. The van der Waals surface area contributed by atoms with Crippen LogP contribution in [0.25, 0.3) is 0 Å². The van der Waals surface area contributed by atoms with Crippen molar-refractivity contribution in [3.05, 3.63) is 23.8 Å². The lowest BCUT2D eigenvalue weighted by Gasteiger charge is -2.25. The molecular weight excluding hydrogens is 308 g/mol. The van der Waals surface area contributed by atoms with Crippen LogP contribution in [0, 0.1) is 0 Å². The Labute approximate surface area is 136 Å². The normalized spacial score (nSPS) is 18.8. The van der Waals surface area contributed by atoms with E-state index in [4.69, 9.17) is 14.2 Å². The van der Waals surface area contributed by atoms with Crippen LogP contribution in [0.15, 0.2) is 18.2 Å². The highest BCUT2D eigenvalue weighted by molar-refractivity contribution is 5.85. The average molecular weight is 331 g/mol. The van der Waals surface area contributed by atoms with Crippen LogP contribution < -0.4 is 20.1 Å². The summed E-state index contributed by atoms with van der Waals surface area (Å²) in [6.45, 7) is 3.82. The number of morpholine rings is 1. The smallest absolute Gasteiger partial charge is 0.250 e. The van der Waals surface area contributed by atoms with Crippen molar-refractivity contribution >= 4 is 18.3 Å². The van der Waals surface area contributed by atoms with Crippen LogP contribution >= 0.6 is 12.4 Å². The van der Waals surface area contributed by atoms with Gasteiger partial charge in [-0.3, -0.25) is 4.79 Å². The van der Waals surface area contributed by atoms with Crippen molar-refractivity contribution in [2.75, 3.05) is 33.9 Å². The number of methoxy groups -OCH3 is 2. The highest BCUT2D eigenvalue weighted by atomic mass is 35.5. The maximum Gasteiger partial charge on any atom is 0.250 e. The van der Waals surface area contributed by atoms with Gasteiger partial charge in [-0.2, -0.15) is 0 Å². The molecule has 2 unspecified atom stereocenters. The molecular formula is C15H23ClN2O4. The summed E-state index contributed by atoms with van der Waals surface area (Å²) in [4.78, 5) is 12.1. The lowest BCUT2D eigenvalue weighted by Crippen LogP contribution is -2.48. The fourth-order valence-electron chi connectivity index (χ4n) is 2.25. The van der Waals surface area contributed by atoms with Crippen molar-refractivity contribution in [2.45, 2.75) is 19.1 Å². The Morgan fingerprint density at radius 2 is 2.09 bits per heavy atom. The molecule has 124 valence electrons. The SMILES string of the molecule is COc1ccc(C(C)NC(=O)C2CNCCO2)cc1OC.Cl. The molecule has 1 saturated heterocycles. The zero-order chi connectivity index (χ0) is 15.2. The molecule has 2 rings (SSSR count). The third kappa shape index (κ3) is 4.50. The van der Waals surface area contributed by atoms with Crippen LogP contribution in [0.5, 0.6) is 11.5 Å². The van der Waals surface area contributed by atoms with Gasteiger partial charge in [0.25, 0.3) is 5.91 Å². The largest absolute Gasteiger partial charge is 0.493 e. The van der Waals surface area contributed by atoms with E-state index < -0.39 is 6.10 Å². The molecule has 1 aromatic carbocycles. The first kappa shape index (κ1) is 18.5. The Kier molecular flexibility index (Phi) is 7.44. The van der Waals surface area contributed by atoms with Crippen LogP contribution in [0.4, 0.5) is 0 Å². The minimum atomic E-state index is -0.429. The van der Waals surface area contributed by atoms with Gasteiger partial charge < -0.3 is 24.8 Å². The summed E-state index contributed by atoms with van der Waals surface area (Å²) in [5.41, 5.74) is 0.949. The Hall–Kier alpha value is -1.50. The molecule has 22 heavy (non-hydrogen) atoms. The monoisotopic (exact) mass is 330 g/mol. The first-order chi connectivity index (χ1) is 10.2. The fourth-order valence-corrected chi connectivity index (χ4v) is 2.25. The van der Waals surface area contributed by atoms with Gasteiger partial charge in [0, 0.05) is 13.1 Å². The number of benzene rings is 1. The molecule has 0 spiro atoms. The van der Waals surface area contributed by atoms with E-state index in [0.29, 0.717) is 24.7 Å². The molecule has 1 amide bonds. The third-order valence-corrected chi connectivity index (χ3v) is 3.49. The van der Waals surface area contributed by atoms with E-state index in [1.165, 1.54) is 0 Å². The molecule has 1 heterocycles. The Morgan fingerprint density at radius 1 is 1.36 bits per heavy atom. The molecule has 0 bridgehead atoms. The van der Waals surface area contributed by atoms with Crippen molar-refractivity contribution in [1.82, 2.24) is 10.6 Å². The van der Waals surface area contributed by atoms with Gasteiger partial charge in [0.15, 0.2) is 11.5 Å². The molecule has 7 heteroatoms. The van der Waals surface area contributed by atoms with Crippen LogP contribution in [0.2, 0.25) is 0 Å². The van der Waals surface area contributed by atoms with Crippen LogP contribution in [-0.2, 0) is 9.53 Å². The summed E-state index contributed by atoms with van der Waals surface area (Å²) in [5.74, 6) is 1.20. The Morgan fingerprint density at radius 3 is 2.68 bits per heavy atom. The molecule has 0 saturated carbocycles. The number of hydrogen-bond donors (Lipinski definition) is 2. The van der Waals surface area contributed by atoms with Gasteiger partial charge in [-0.25, -0.2) is 0 Å². The van der Waals surface area contributed by atoms with E-state index in [9.17, 15) is 4.79 Å². The second-order valence-electron chi connectivity index (χ2n) is 4.91. The molecule has 1 aliphatic heterocycles. The van der Waals surface area contributed by atoms with Gasteiger partial charge in [0.1, 0.15) is 6.10 Å². The Bertz CT molecular complexity index is 492. The number of ether oxygens (including phenoxy) is 3. The number of halogens is 1. The molecule has 0 aliphatic carbocycles. The van der Waals surface area contributed by atoms with E-state index in [-0.39, 0.29) is 24.4 Å². The van der Waals surface area contributed by atoms with Gasteiger partial charge in [-0.05, 0) is 24.6 Å². The summed E-state index contributed by atoms with van der Waals surface area (Å²) >= 11 is 0. The maximum absolute atomic E-state index is 12.1. The predicted octanol–water partition coefficient (Wildman–Crippen LogP) is 1.29. The number of rotatable bonds is 5. The summed E-state index contributed by atoms with van der Waals surface area (Å²) in [6.07, 6.45) is -0.429. The van der Waals surface area contributed by atoms with Gasteiger partial charge >= 0.3 is 0 Å². The van der Waals surface area contributed by atoms with Crippen molar-refractivity contribution in [1.29, 1.82) is 0 Å². The second-order valence-corrected chi connectivity index (χ2v) is 4.91.